The third kappa shape index (κ3) is 2.63. The number of carbonyl (C=O) groups is 1. The van der Waals surface area contributed by atoms with E-state index in [9.17, 15) is 27.6 Å². The maximum absolute atomic E-state index is 13.3. The number of hydrogen-bond donors (Lipinski definition) is 0. The van der Waals surface area contributed by atoms with Crippen molar-refractivity contribution in [2.24, 2.45) is 0 Å². The molecule has 9 heteroatoms. The van der Waals surface area contributed by atoms with Crippen molar-refractivity contribution in [3.8, 4) is 0 Å². The molecule has 0 radical (unpaired) electrons. The van der Waals surface area contributed by atoms with Crippen molar-refractivity contribution in [3.63, 3.8) is 0 Å². The maximum atomic E-state index is 13.3. The van der Waals surface area contributed by atoms with E-state index in [1.807, 2.05) is 0 Å². The van der Waals surface area contributed by atoms with Crippen LogP contribution < -0.4 is 4.73 Å². The van der Waals surface area contributed by atoms with Crippen molar-refractivity contribution in [3.05, 3.63) is 63.0 Å². The molecule has 0 unspecified atom stereocenters. The van der Waals surface area contributed by atoms with Crippen LogP contribution in [0.1, 0.15) is 21.1 Å². The second kappa shape index (κ2) is 5.27. The van der Waals surface area contributed by atoms with Crippen molar-refractivity contribution in [1.29, 1.82) is 0 Å². The summed E-state index contributed by atoms with van der Waals surface area (Å²) in [5.74, 6) is -1.93. The van der Waals surface area contributed by atoms with E-state index in [1.165, 1.54) is 17.5 Å². The molecule has 0 spiro atoms. The van der Waals surface area contributed by atoms with E-state index in [2.05, 4.69) is 4.98 Å². The fourth-order valence-corrected chi connectivity index (χ4v) is 2.73. The number of hydrogen-bond acceptors (Lipinski definition) is 4. The van der Waals surface area contributed by atoms with Gasteiger partial charge in [0.05, 0.1) is 4.88 Å². The molecule has 0 bridgehead atoms. The smallest absolute Gasteiger partial charge is 0.440 e. The lowest BCUT2D eigenvalue weighted by molar-refractivity contribution is -0.581. The molecule has 2 heterocycles. The number of halogens is 4. The molecule has 4 nitrogen and oxygen atoms in total. The highest BCUT2D eigenvalue weighted by Crippen LogP contribution is 2.32. The second-order valence-electron chi connectivity index (χ2n) is 4.54. The lowest BCUT2D eigenvalue weighted by Gasteiger charge is -2.12. The van der Waals surface area contributed by atoms with E-state index >= 15 is 0 Å². The standard InChI is InChI=1S/C14H6F4N2O2S/c15-7-3-4-8-9(6-7)20(22)11(13(19-8)14(16,17)18)12(21)10-2-1-5-23-10/h1-6H. The molecule has 1 aromatic carbocycles. The Kier molecular flexibility index (Phi) is 3.52. The highest BCUT2D eigenvalue weighted by Gasteiger charge is 2.44. The highest BCUT2D eigenvalue weighted by molar-refractivity contribution is 7.12. The molecule has 0 atom stereocenters. The predicted molar refractivity (Wildman–Crippen MR) is 73.4 cm³/mol. The van der Waals surface area contributed by atoms with Crippen LogP contribution in [0.15, 0.2) is 35.7 Å². The molecular weight excluding hydrogens is 336 g/mol. The van der Waals surface area contributed by atoms with Crippen molar-refractivity contribution in [2.75, 3.05) is 0 Å². The lowest BCUT2D eigenvalue weighted by atomic mass is 10.1. The van der Waals surface area contributed by atoms with E-state index in [0.29, 0.717) is 0 Å². The molecule has 0 fully saturated rings. The van der Waals surface area contributed by atoms with Crippen molar-refractivity contribution < 1.29 is 27.1 Å². The normalized spacial score (nSPS) is 11.8. The van der Waals surface area contributed by atoms with Crippen LogP contribution in [0.2, 0.25) is 0 Å². The van der Waals surface area contributed by atoms with Gasteiger partial charge in [-0.15, -0.1) is 11.3 Å². The Morgan fingerprint density at radius 2 is 2.00 bits per heavy atom. The van der Waals surface area contributed by atoms with E-state index in [-0.39, 0.29) is 15.1 Å². The van der Waals surface area contributed by atoms with Gasteiger partial charge in [0.2, 0.25) is 11.2 Å². The zero-order valence-electron chi connectivity index (χ0n) is 11.1. The number of thiophene rings is 1. The van der Waals surface area contributed by atoms with Crippen LogP contribution in [0, 0.1) is 11.0 Å². The second-order valence-corrected chi connectivity index (χ2v) is 5.49. The summed E-state index contributed by atoms with van der Waals surface area (Å²) in [4.78, 5) is 15.6. The summed E-state index contributed by atoms with van der Waals surface area (Å²) in [6.07, 6.45) is -5.00. The van der Waals surface area contributed by atoms with Gasteiger partial charge in [0.15, 0.2) is 0 Å². The van der Waals surface area contributed by atoms with Crippen molar-refractivity contribution in [1.82, 2.24) is 4.98 Å². The number of aromatic nitrogens is 2. The number of alkyl halides is 3. The van der Waals surface area contributed by atoms with Crippen LogP contribution in [-0.4, -0.2) is 10.8 Å². The van der Waals surface area contributed by atoms with Gasteiger partial charge in [-0.1, -0.05) is 6.07 Å². The van der Waals surface area contributed by atoms with Gasteiger partial charge in [-0.25, -0.2) is 9.37 Å². The van der Waals surface area contributed by atoms with Gasteiger partial charge in [0, 0.05) is 6.07 Å². The molecule has 3 aromatic rings. The Balaban J connectivity index is 2.37. The molecule has 2 aromatic heterocycles. The van der Waals surface area contributed by atoms with Crippen LogP contribution in [0.5, 0.6) is 0 Å². The van der Waals surface area contributed by atoms with Gasteiger partial charge in [0.25, 0.3) is 11.5 Å². The highest BCUT2D eigenvalue weighted by atomic mass is 32.1. The summed E-state index contributed by atoms with van der Waals surface area (Å²) in [5, 5.41) is 13.8. The fraction of sp³-hybridized carbons (Fsp3) is 0.0714. The summed E-state index contributed by atoms with van der Waals surface area (Å²) in [6, 6.07) is 5.34. The minimum atomic E-state index is -5.00. The predicted octanol–water partition coefficient (Wildman–Crippen LogP) is 3.32. The first-order valence-corrected chi connectivity index (χ1v) is 7.05. The summed E-state index contributed by atoms with van der Waals surface area (Å²) < 4.78 is 52.7. The number of nitrogens with zero attached hydrogens (tertiary/aromatic N) is 2. The summed E-state index contributed by atoms with van der Waals surface area (Å²) in [7, 11) is 0. The number of carbonyl (C=O) groups excluding carboxylic acids is 1. The minimum absolute atomic E-state index is 0.0438. The molecule has 0 amide bonds. The molecule has 0 saturated heterocycles. The van der Waals surface area contributed by atoms with Gasteiger partial charge >= 0.3 is 6.18 Å². The Labute approximate surface area is 130 Å². The van der Waals surface area contributed by atoms with Crippen molar-refractivity contribution >= 4 is 28.2 Å². The topological polar surface area (TPSA) is 56.9 Å². The molecule has 23 heavy (non-hydrogen) atoms. The molecular formula is C14H6F4N2O2S. The summed E-state index contributed by atoms with van der Waals surface area (Å²) in [6.45, 7) is 0. The quantitative estimate of drug-likeness (QED) is 0.311. The third-order valence-corrected chi connectivity index (χ3v) is 3.91. The molecule has 0 saturated carbocycles. The number of benzene rings is 1. The molecule has 0 aliphatic carbocycles. The Morgan fingerprint density at radius 1 is 1.26 bits per heavy atom. The van der Waals surface area contributed by atoms with Gasteiger partial charge in [-0.3, -0.25) is 4.79 Å². The summed E-state index contributed by atoms with van der Waals surface area (Å²) in [5.41, 5.74) is -3.56. The Morgan fingerprint density at radius 3 is 2.61 bits per heavy atom. The fourth-order valence-electron chi connectivity index (χ4n) is 2.07. The van der Waals surface area contributed by atoms with E-state index in [1.54, 1.807) is 0 Å². The van der Waals surface area contributed by atoms with Crippen LogP contribution in [0.3, 0.4) is 0 Å². The maximum Gasteiger partial charge on any atom is 0.440 e. The van der Waals surface area contributed by atoms with Crippen LogP contribution >= 0.6 is 11.3 Å². The van der Waals surface area contributed by atoms with Gasteiger partial charge in [-0.2, -0.15) is 17.9 Å². The van der Waals surface area contributed by atoms with E-state index in [4.69, 9.17) is 0 Å². The number of rotatable bonds is 2. The first-order chi connectivity index (χ1) is 10.8. The Hall–Kier alpha value is -2.55. The van der Waals surface area contributed by atoms with Crippen LogP contribution in [-0.2, 0) is 6.18 Å². The molecule has 0 N–H and O–H groups in total. The minimum Gasteiger partial charge on any atom is -0.618 e. The molecule has 3 rings (SSSR count). The van der Waals surface area contributed by atoms with E-state index < -0.39 is 34.7 Å². The third-order valence-electron chi connectivity index (χ3n) is 3.04. The van der Waals surface area contributed by atoms with Crippen molar-refractivity contribution in [2.45, 2.75) is 6.18 Å². The average Bonchev–Trinajstić information content (AvgIpc) is 3.00. The zero-order valence-corrected chi connectivity index (χ0v) is 11.9. The average molecular weight is 342 g/mol. The molecule has 0 aliphatic heterocycles. The van der Waals surface area contributed by atoms with Crippen LogP contribution in [0.25, 0.3) is 11.0 Å². The van der Waals surface area contributed by atoms with E-state index in [0.717, 1.165) is 29.5 Å². The first-order valence-electron chi connectivity index (χ1n) is 6.17. The summed E-state index contributed by atoms with van der Waals surface area (Å²) >= 11 is 0.891. The first kappa shape index (κ1) is 15.3. The zero-order chi connectivity index (χ0) is 16.8. The van der Waals surface area contributed by atoms with Crippen LogP contribution in [0.4, 0.5) is 17.6 Å². The van der Waals surface area contributed by atoms with Gasteiger partial charge < -0.3 is 5.21 Å². The Bertz CT molecular complexity index is 907. The number of ketones is 1. The van der Waals surface area contributed by atoms with Gasteiger partial charge in [0.1, 0.15) is 11.3 Å². The largest absolute Gasteiger partial charge is 0.618 e. The number of fused-ring (bicyclic) bond motifs is 1. The SMILES string of the molecule is O=C(c1cccs1)c1c(C(F)(F)F)nc2ccc(F)cc2[n+]1[O-]. The molecule has 118 valence electrons. The lowest BCUT2D eigenvalue weighted by Crippen LogP contribution is -2.40. The molecule has 0 aliphatic rings. The monoisotopic (exact) mass is 342 g/mol. The van der Waals surface area contributed by atoms with Gasteiger partial charge in [-0.05, 0) is 23.6 Å².